The zero-order chi connectivity index (χ0) is 49.3. The molecule has 0 unspecified atom stereocenters. The summed E-state index contributed by atoms with van der Waals surface area (Å²) in [6.45, 7) is 12.5. The summed E-state index contributed by atoms with van der Waals surface area (Å²) < 4.78 is 24.5. The van der Waals surface area contributed by atoms with Crippen LogP contribution in [0.1, 0.15) is 92.7 Å². The number of amides is 3. The van der Waals surface area contributed by atoms with Crippen molar-refractivity contribution in [3.05, 3.63) is 161 Å². The van der Waals surface area contributed by atoms with Gasteiger partial charge in [0.25, 0.3) is 0 Å². The Kier molecular flexibility index (Phi) is 22.4. The number of carbonyl (C=O) groups is 3. The summed E-state index contributed by atoms with van der Waals surface area (Å²) in [6.07, 6.45) is 3.73. The van der Waals surface area contributed by atoms with Gasteiger partial charge in [-0.2, -0.15) is 0 Å². The van der Waals surface area contributed by atoms with E-state index in [2.05, 4.69) is 0 Å². The predicted molar refractivity (Wildman–Crippen MR) is 274 cm³/mol. The summed E-state index contributed by atoms with van der Waals surface area (Å²) in [7, 11) is 0. The number of carbonyl (C=O) groups excluding carboxylic acids is 3. The van der Waals surface area contributed by atoms with E-state index in [4.69, 9.17) is 30.4 Å². The molecule has 0 fully saturated rings. The Morgan fingerprint density at radius 1 is 0.464 bits per heavy atom. The molecular formula is C57H75N5O7. The molecule has 0 bridgehead atoms. The fourth-order valence-electron chi connectivity index (χ4n) is 7.73. The molecule has 0 atom stereocenters. The Morgan fingerprint density at radius 2 is 0.855 bits per heavy atom. The van der Waals surface area contributed by atoms with E-state index in [1.54, 1.807) is 4.90 Å². The zero-order valence-electron chi connectivity index (χ0n) is 41.4. The van der Waals surface area contributed by atoms with E-state index in [9.17, 15) is 14.4 Å². The van der Waals surface area contributed by atoms with Crippen LogP contribution in [0.4, 0.5) is 4.79 Å². The monoisotopic (exact) mass is 942 g/mol. The van der Waals surface area contributed by atoms with E-state index in [0.717, 1.165) is 39.1 Å². The number of hydrogen-bond donors (Lipinski definition) is 2. The first-order valence-corrected chi connectivity index (χ1v) is 24.6. The lowest BCUT2D eigenvalue weighted by atomic mass is 10.1. The number of benzene rings is 5. The number of nitrogens with two attached hydrogens (primary N) is 2. The first-order valence-electron chi connectivity index (χ1n) is 24.6. The van der Waals surface area contributed by atoms with Gasteiger partial charge in [-0.05, 0) is 131 Å². The molecule has 0 aliphatic heterocycles. The summed E-state index contributed by atoms with van der Waals surface area (Å²) in [4.78, 5) is 46.6. The van der Waals surface area contributed by atoms with Gasteiger partial charge in [-0.3, -0.25) is 9.59 Å². The Morgan fingerprint density at radius 3 is 1.30 bits per heavy atom. The molecule has 0 aliphatic rings. The zero-order valence-corrected chi connectivity index (χ0v) is 41.4. The molecular weight excluding hydrogens is 867 g/mol. The van der Waals surface area contributed by atoms with E-state index in [0.29, 0.717) is 135 Å². The quantitative estimate of drug-likeness (QED) is 0.0478. The smallest absolute Gasteiger partial charge is 0.410 e. The van der Waals surface area contributed by atoms with Gasteiger partial charge >= 0.3 is 6.09 Å². The molecule has 69 heavy (non-hydrogen) atoms. The third-order valence-electron chi connectivity index (χ3n) is 11.6. The minimum Gasteiger partial charge on any atom is -0.489 e. The number of rotatable bonds is 29. The van der Waals surface area contributed by atoms with Crippen LogP contribution in [0.25, 0.3) is 0 Å². The number of aryl methyl sites for hydroxylation is 3. The van der Waals surface area contributed by atoms with Gasteiger partial charge in [0, 0.05) is 52.1 Å². The van der Waals surface area contributed by atoms with Crippen molar-refractivity contribution >= 4 is 17.9 Å². The van der Waals surface area contributed by atoms with E-state index in [1.165, 1.54) is 0 Å². The highest BCUT2D eigenvalue weighted by atomic mass is 16.6. The van der Waals surface area contributed by atoms with Gasteiger partial charge in [0.15, 0.2) is 11.5 Å². The molecule has 0 heterocycles. The summed E-state index contributed by atoms with van der Waals surface area (Å²) in [6, 6.07) is 42.0. The van der Waals surface area contributed by atoms with E-state index < -0.39 is 11.7 Å². The fraction of sp³-hybridized carbons (Fsp3) is 0.421. The predicted octanol–water partition coefficient (Wildman–Crippen LogP) is 9.67. The number of hydrogen-bond acceptors (Lipinski definition) is 9. The second-order valence-electron chi connectivity index (χ2n) is 18.4. The first-order chi connectivity index (χ1) is 33.4. The van der Waals surface area contributed by atoms with Crippen molar-refractivity contribution in [1.29, 1.82) is 0 Å². The van der Waals surface area contributed by atoms with Gasteiger partial charge in [-0.1, -0.05) is 109 Å². The van der Waals surface area contributed by atoms with Crippen molar-refractivity contribution in [2.45, 2.75) is 104 Å². The maximum atomic E-state index is 13.9. The molecule has 4 N–H and O–H groups in total. The van der Waals surface area contributed by atoms with Crippen LogP contribution < -0.4 is 25.7 Å². The highest BCUT2D eigenvalue weighted by molar-refractivity contribution is 5.77. The third kappa shape index (κ3) is 19.6. The van der Waals surface area contributed by atoms with Gasteiger partial charge in [0.2, 0.25) is 11.8 Å². The highest BCUT2D eigenvalue weighted by Crippen LogP contribution is 2.31. The minimum atomic E-state index is -0.692. The van der Waals surface area contributed by atoms with Gasteiger partial charge in [-0.25, -0.2) is 4.79 Å². The van der Waals surface area contributed by atoms with E-state index >= 15 is 0 Å². The topological polar surface area (TPSA) is 150 Å². The Labute approximate surface area is 410 Å². The van der Waals surface area contributed by atoms with Gasteiger partial charge in [0.05, 0.1) is 0 Å². The van der Waals surface area contributed by atoms with Gasteiger partial charge < -0.3 is 45.1 Å². The molecule has 5 aromatic carbocycles. The molecule has 3 amide bonds. The van der Waals surface area contributed by atoms with Crippen LogP contribution in [0.15, 0.2) is 127 Å². The Bertz CT molecular complexity index is 2290. The molecule has 0 radical (unpaired) electrons. The van der Waals surface area contributed by atoms with Crippen LogP contribution in [0.3, 0.4) is 0 Å². The summed E-state index contributed by atoms with van der Waals surface area (Å²) in [5.41, 5.74) is 17.3. The van der Waals surface area contributed by atoms with Crippen LogP contribution in [0.2, 0.25) is 0 Å². The molecule has 370 valence electrons. The van der Waals surface area contributed by atoms with Gasteiger partial charge in [0.1, 0.15) is 31.2 Å². The maximum absolute atomic E-state index is 13.9. The second-order valence-corrected chi connectivity index (χ2v) is 18.4. The van der Waals surface area contributed by atoms with Crippen LogP contribution in [-0.4, -0.2) is 90.6 Å². The van der Waals surface area contributed by atoms with Crippen LogP contribution in [-0.2, 0) is 47.0 Å². The molecule has 5 aromatic rings. The lowest BCUT2D eigenvalue weighted by molar-refractivity contribution is -0.132. The molecule has 0 aliphatic carbocycles. The van der Waals surface area contributed by atoms with Crippen molar-refractivity contribution in [1.82, 2.24) is 14.7 Å². The van der Waals surface area contributed by atoms with Gasteiger partial charge in [-0.15, -0.1) is 0 Å². The Balaban J connectivity index is 1.16. The normalized spacial score (nSPS) is 11.2. The second kappa shape index (κ2) is 28.8. The lowest BCUT2D eigenvalue weighted by Gasteiger charge is -2.30. The van der Waals surface area contributed by atoms with Crippen LogP contribution in [0.5, 0.6) is 17.2 Å². The van der Waals surface area contributed by atoms with Crippen LogP contribution in [0, 0.1) is 6.92 Å². The summed E-state index contributed by atoms with van der Waals surface area (Å²) in [5, 5.41) is 0. The third-order valence-corrected chi connectivity index (χ3v) is 11.6. The SMILES string of the molecule is Cc1ccc(CCC(=O)N(CCCN)CCCN(CCCN(CCCN)C(=O)CCc2ccc(OCc3ccccc3)c(OCc3ccccc3)c2)C(=O)OC(C)(C)C)cc1OCc1ccccc1. The van der Waals surface area contributed by atoms with Crippen molar-refractivity contribution in [3.8, 4) is 17.2 Å². The molecule has 0 spiro atoms. The Hall–Kier alpha value is -6.37. The molecule has 0 aromatic heterocycles. The first kappa shape index (κ1) is 53.6. The molecule has 12 heteroatoms. The van der Waals surface area contributed by atoms with E-state index in [1.807, 2.05) is 165 Å². The largest absolute Gasteiger partial charge is 0.489 e. The molecule has 0 saturated heterocycles. The average Bonchev–Trinajstić information content (AvgIpc) is 3.35. The van der Waals surface area contributed by atoms with Crippen molar-refractivity contribution in [2.24, 2.45) is 11.5 Å². The number of nitrogens with zero attached hydrogens (tertiary/aromatic N) is 3. The van der Waals surface area contributed by atoms with E-state index in [-0.39, 0.29) is 11.8 Å². The standard InChI is InChI=1S/C57H75N5O7/c1-45-24-25-46(40-52(45)67-43-49-20-10-6-11-21-49)27-30-54(63)60(34-14-32-58)36-16-38-62(56(65)69-57(2,3)4)39-17-37-61(35-15-33-59)55(64)31-28-47-26-29-51(66-42-48-18-8-5-9-19-48)53(41-47)68-44-50-22-12-7-13-23-50/h5-13,18-26,29,40-41H,14-17,27-28,30-39,42-44,58-59H2,1-4H3. The molecule has 0 saturated carbocycles. The summed E-state index contributed by atoms with van der Waals surface area (Å²) in [5.74, 6) is 2.12. The minimum absolute atomic E-state index is 0.0130. The molecule has 12 nitrogen and oxygen atoms in total. The van der Waals surface area contributed by atoms with Crippen molar-refractivity contribution < 1.29 is 33.3 Å². The lowest BCUT2D eigenvalue weighted by Crippen LogP contribution is -2.41. The average molecular weight is 942 g/mol. The van der Waals surface area contributed by atoms with Crippen molar-refractivity contribution in [3.63, 3.8) is 0 Å². The van der Waals surface area contributed by atoms with Crippen LogP contribution >= 0.6 is 0 Å². The van der Waals surface area contributed by atoms with Crippen molar-refractivity contribution in [2.75, 3.05) is 52.4 Å². The highest BCUT2D eigenvalue weighted by Gasteiger charge is 2.24. The fourth-order valence-corrected chi connectivity index (χ4v) is 7.73. The molecule has 5 rings (SSSR count). The number of ether oxygens (including phenoxy) is 4. The maximum Gasteiger partial charge on any atom is 0.410 e. The summed E-state index contributed by atoms with van der Waals surface area (Å²) >= 11 is 0.